The van der Waals surface area contributed by atoms with Crippen molar-refractivity contribution in [1.29, 1.82) is 0 Å². The Bertz CT molecular complexity index is 449. The number of hydrogen-bond acceptors (Lipinski definition) is 2. The molecule has 0 spiro atoms. The van der Waals surface area contributed by atoms with E-state index in [0.29, 0.717) is 5.92 Å². The van der Waals surface area contributed by atoms with E-state index in [1.165, 1.54) is 22.3 Å². The third-order valence-electron chi connectivity index (χ3n) is 3.48. The molecule has 2 nitrogen and oxygen atoms in total. The molecular weight excluding hydrogens is 248 g/mol. The van der Waals surface area contributed by atoms with E-state index in [9.17, 15) is 4.79 Å². The lowest BCUT2D eigenvalue weighted by molar-refractivity contribution is -0.154. The summed E-state index contributed by atoms with van der Waals surface area (Å²) in [7, 11) is 0. The summed E-state index contributed by atoms with van der Waals surface area (Å²) in [5, 5.41) is 0. The van der Waals surface area contributed by atoms with Gasteiger partial charge in [0.25, 0.3) is 0 Å². The van der Waals surface area contributed by atoms with Gasteiger partial charge in [-0.1, -0.05) is 45.4 Å². The number of benzene rings is 1. The molecule has 0 radical (unpaired) electrons. The van der Waals surface area contributed by atoms with Crippen molar-refractivity contribution in [3.63, 3.8) is 0 Å². The summed E-state index contributed by atoms with van der Waals surface area (Å²) in [5.41, 5.74) is 4.86. The van der Waals surface area contributed by atoms with Gasteiger partial charge in [-0.05, 0) is 49.8 Å². The molecular formula is C18H28O2. The minimum atomic E-state index is -0.134. The molecule has 0 amide bonds. The lowest BCUT2D eigenvalue weighted by atomic mass is 9.91. The van der Waals surface area contributed by atoms with E-state index in [2.05, 4.69) is 46.8 Å². The maximum absolute atomic E-state index is 12.0. The topological polar surface area (TPSA) is 26.3 Å². The number of carbonyl (C=O) groups is 1. The molecule has 0 heterocycles. The molecule has 20 heavy (non-hydrogen) atoms. The van der Waals surface area contributed by atoms with E-state index in [4.69, 9.17) is 4.74 Å². The first-order valence-electron chi connectivity index (χ1n) is 7.50. The summed E-state index contributed by atoms with van der Waals surface area (Å²) >= 11 is 0. The van der Waals surface area contributed by atoms with E-state index < -0.39 is 0 Å². The van der Waals surface area contributed by atoms with Crippen LogP contribution in [-0.2, 0) is 9.53 Å². The van der Waals surface area contributed by atoms with Gasteiger partial charge in [-0.25, -0.2) is 0 Å². The van der Waals surface area contributed by atoms with Gasteiger partial charge < -0.3 is 4.74 Å². The highest BCUT2D eigenvalue weighted by Gasteiger charge is 2.23. The number of aryl methyl sites for hydroxylation is 3. The fourth-order valence-electron chi connectivity index (χ4n) is 2.63. The molecule has 0 fully saturated rings. The molecule has 0 unspecified atom stereocenters. The normalized spacial score (nSPS) is 12.8. The van der Waals surface area contributed by atoms with Gasteiger partial charge in [0.1, 0.15) is 6.10 Å². The number of esters is 1. The summed E-state index contributed by atoms with van der Waals surface area (Å²) in [4.78, 5) is 12.0. The van der Waals surface area contributed by atoms with Crippen LogP contribution < -0.4 is 0 Å². The van der Waals surface area contributed by atoms with Crippen LogP contribution in [0.4, 0.5) is 0 Å². The third kappa shape index (κ3) is 4.36. The molecule has 0 aliphatic carbocycles. The zero-order valence-corrected chi connectivity index (χ0v) is 13.9. The van der Waals surface area contributed by atoms with Gasteiger partial charge in [0.15, 0.2) is 0 Å². The van der Waals surface area contributed by atoms with Crippen LogP contribution in [0.25, 0.3) is 0 Å². The molecule has 1 aromatic carbocycles. The van der Waals surface area contributed by atoms with Crippen LogP contribution in [0.3, 0.4) is 0 Å². The summed E-state index contributed by atoms with van der Waals surface area (Å²) in [5.74, 6) is 0.283. The molecule has 1 rings (SSSR count). The second-order valence-corrected chi connectivity index (χ2v) is 6.52. The monoisotopic (exact) mass is 276 g/mol. The zero-order chi connectivity index (χ0) is 15.4. The van der Waals surface area contributed by atoms with Crippen LogP contribution in [-0.4, -0.2) is 5.97 Å². The average molecular weight is 276 g/mol. The van der Waals surface area contributed by atoms with Crippen LogP contribution in [0.2, 0.25) is 0 Å². The first-order valence-corrected chi connectivity index (χ1v) is 7.50. The predicted octanol–water partition coefficient (Wildman–Crippen LogP) is 4.90. The summed E-state index contributed by atoms with van der Waals surface area (Å²) < 4.78 is 5.77. The highest BCUT2D eigenvalue weighted by Crippen LogP contribution is 2.32. The molecule has 2 heteroatoms. The van der Waals surface area contributed by atoms with E-state index >= 15 is 0 Å². The number of ether oxygens (including phenoxy) is 1. The van der Waals surface area contributed by atoms with Crippen LogP contribution >= 0.6 is 0 Å². The largest absolute Gasteiger partial charge is 0.457 e. The first-order chi connectivity index (χ1) is 9.22. The Labute approximate surface area is 123 Å². The van der Waals surface area contributed by atoms with Crippen LogP contribution in [0.1, 0.15) is 62.5 Å². The molecule has 0 N–H and O–H groups in total. The van der Waals surface area contributed by atoms with Crippen molar-refractivity contribution in [3.05, 3.63) is 34.4 Å². The molecule has 0 aliphatic heterocycles. The van der Waals surface area contributed by atoms with E-state index in [1.807, 2.05) is 13.8 Å². The fraction of sp³-hybridized carbons (Fsp3) is 0.611. The lowest BCUT2D eigenvalue weighted by Gasteiger charge is -2.25. The molecule has 0 bridgehead atoms. The number of carbonyl (C=O) groups excluding carboxylic acids is 1. The SMILES string of the molecule is Cc1cc(C)c([C@@H](CC(C)C)OC(=O)C(C)C)c(C)c1. The van der Waals surface area contributed by atoms with Gasteiger partial charge >= 0.3 is 5.97 Å². The van der Waals surface area contributed by atoms with E-state index in [1.54, 1.807) is 0 Å². The predicted molar refractivity (Wildman–Crippen MR) is 83.8 cm³/mol. The van der Waals surface area contributed by atoms with Gasteiger partial charge in [-0.15, -0.1) is 0 Å². The Morgan fingerprint density at radius 1 is 1.05 bits per heavy atom. The molecule has 0 aromatic heterocycles. The Hall–Kier alpha value is -1.31. The lowest BCUT2D eigenvalue weighted by Crippen LogP contribution is -2.19. The van der Waals surface area contributed by atoms with Crippen molar-refractivity contribution >= 4 is 5.97 Å². The van der Waals surface area contributed by atoms with Gasteiger partial charge in [0.2, 0.25) is 0 Å². The summed E-state index contributed by atoms with van der Waals surface area (Å²) in [6.45, 7) is 14.4. The maximum Gasteiger partial charge on any atom is 0.308 e. The molecule has 0 aliphatic rings. The smallest absolute Gasteiger partial charge is 0.308 e. The standard InChI is InChI=1S/C18H28O2/c1-11(2)8-16(20-18(19)12(3)4)17-14(6)9-13(5)10-15(17)7/h9-12,16H,8H2,1-7H3/t16-/m1/s1. The molecule has 1 atom stereocenters. The quantitative estimate of drug-likeness (QED) is 0.715. The van der Waals surface area contributed by atoms with Crippen LogP contribution in [0.15, 0.2) is 12.1 Å². The van der Waals surface area contributed by atoms with Crippen molar-refractivity contribution in [2.75, 3.05) is 0 Å². The molecule has 0 saturated carbocycles. The highest BCUT2D eigenvalue weighted by molar-refractivity contribution is 5.72. The van der Waals surface area contributed by atoms with Gasteiger partial charge in [-0.2, -0.15) is 0 Å². The van der Waals surface area contributed by atoms with Gasteiger partial charge in [0, 0.05) is 0 Å². The van der Waals surface area contributed by atoms with Crippen molar-refractivity contribution < 1.29 is 9.53 Å². The van der Waals surface area contributed by atoms with Crippen LogP contribution in [0.5, 0.6) is 0 Å². The highest BCUT2D eigenvalue weighted by atomic mass is 16.5. The Kier molecular flexibility index (Phi) is 5.79. The van der Waals surface area contributed by atoms with Gasteiger partial charge in [0.05, 0.1) is 5.92 Å². The van der Waals surface area contributed by atoms with Crippen molar-refractivity contribution in [1.82, 2.24) is 0 Å². The van der Waals surface area contributed by atoms with E-state index in [-0.39, 0.29) is 18.0 Å². The molecule has 1 aromatic rings. The third-order valence-corrected chi connectivity index (χ3v) is 3.48. The fourth-order valence-corrected chi connectivity index (χ4v) is 2.63. The second-order valence-electron chi connectivity index (χ2n) is 6.52. The molecule has 0 saturated heterocycles. The maximum atomic E-state index is 12.0. The van der Waals surface area contributed by atoms with E-state index in [0.717, 1.165) is 6.42 Å². The van der Waals surface area contributed by atoms with Gasteiger partial charge in [-0.3, -0.25) is 4.79 Å². The van der Waals surface area contributed by atoms with Crippen molar-refractivity contribution in [2.45, 2.75) is 61.0 Å². The number of hydrogen-bond donors (Lipinski definition) is 0. The average Bonchev–Trinajstić information content (AvgIpc) is 2.25. The molecule has 112 valence electrons. The van der Waals surface area contributed by atoms with Crippen molar-refractivity contribution in [2.24, 2.45) is 11.8 Å². The summed E-state index contributed by atoms with van der Waals surface area (Å²) in [6, 6.07) is 4.33. The Morgan fingerprint density at radius 2 is 1.55 bits per heavy atom. The Morgan fingerprint density at radius 3 is 1.95 bits per heavy atom. The van der Waals surface area contributed by atoms with Crippen LogP contribution in [0, 0.1) is 32.6 Å². The second kappa shape index (κ2) is 6.92. The first kappa shape index (κ1) is 16.7. The Balaban J connectivity index is 3.14. The zero-order valence-electron chi connectivity index (χ0n) is 13.9. The van der Waals surface area contributed by atoms with Crippen molar-refractivity contribution in [3.8, 4) is 0 Å². The minimum absolute atomic E-state index is 0.0873. The minimum Gasteiger partial charge on any atom is -0.457 e. The number of rotatable bonds is 5. The summed E-state index contributed by atoms with van der Waals surface area (Å²) in [6.07, 6.45) is 0.730.